The molecule has 0 aromatic heterocycles. The summed E-state index contributed by atoms with van der Waals surface area (Å²) in [5.74, 6) is 0.185. The van der Waals surface area contributed by atoms with E-state index < -0.39 is 42.6 Å². The molecule has 7 atom stereocenters. The van der Waals surface area contributed by atoms with Crippen molar-refractivity contribution in [1.82, 2.24) is 5.32 Å². The first-order chi connectivity index (χ1) is 36.5. The maximum atomic E-state index is 15.4. The molecule has 0 radical (unpaired) electrons. The molecule has 0 bridgehead atoms. The minimum absolute atomic E-state index is 0.0493. The van der Waals surface area contributed by atoms with Crippen LogP contribution in [-0.4, -0.2) is 94.3 Å². The van der Waals surface area contributed by atoms with Crippen molar-refractivity contribution in [1.29, 1.82) is 0 Å². The molecule has 1 fully saturated rings. The van der Waals surface area contributed by atoms with Crippen LogP contribution in [0, 0.1) is 5.82 Å². The maximum absolute atomic E-state index is 15.4. The van der Waals surface area contributed by atoms with Crippen LogP contribution in [0.3, 0.4) is 0 Å². The molecular weight excluding hydrogens is 953 g/mol. The number of carbonyl (C=O) groups excluding carboxylic acids is 1. The van der Waals surface area contributed by atoms with E-state index in [0.29, 0.717) is 32.0 Å². The zero-order valence-corrected chi connectivity index (χ0v) is 48.3. The van der Waals surface area contributed by atoms with E-state index in [1.165, 1.54) is 108 Å². The Labute approximate surface area is 455 Å². The average Bonchev–Trinajstić information content (AvgIpc) is 3.71. The molecule has 1 heterocycles. The number of amides is 1. The van der Waals surface area contributed by atoms with Gasteiger partial charge in [0.2, 0.25) is 5.91 Å². The Bertz CT molecular complexity index is 1650. The summed E-state index contributed by atoms with van der Waals surface area (Å²) in [4.78, 5) is 14.0. The fraction of sp³-hybridized carbons (Fsp3) is 0.794. The van der Waals surface area contributed by atoms with Gasteiger partial charge in [-0.2, -0.15) is 0 Å². The van der Waals surface area contributed by atoms with E-state index in [4.69, 9.17) is 37.9 Å². The number of halogens is 2. The fourth-order valence-electron chi connectivity index (χ4n) is 9.51. The molecule has 10 nitrogen and oxygen atoms in total. The summed E-state index contributed by atoms with van der Waals surface area (Å²) in [6.45, 7) is 15.9. The van der Waals surface area contributed by atoms with Crippen molar-refractivity contribution < 1.29 is 51.5 Å². The molecule has 1 unspecified atom stereocenters. The van der Waals surface area contributed by atoms with Crippen LogP contribution in [0.15, 0.2) is 48.5 Å². The molecule has 1 N–H and O–H groups in total. The lowest BCUT2D eigenvalue weighted by Gasteiger charge is -2.34. The van der Waals surface area contributed by atoms with Crippen LogP contribution >= 0.6 is 0 Å². The van der Waals surface area contributed by atoms with E-state index in [-0.39, 0.29) is 37.6 Å². The maximum Gasteiger partial charge on any atom is 0.220 e. The van der Waals surface area contributed by atoms with Gasteiger partial charge in [0.15, 0.2) is 12.1 Å². The van der Waals surface area contributed by atoms with Crippen molar-refractivity contribution in [3.8, 4) is 11.5 Å². The van der Waals surface area contributed by atoms with E-state index in [9.17, 15) is 9.18 Å². The van der Waals surface area contributed by atoms with E-state index in [1.807, 2.05) is 26.0 Å². The molecule has 1 aliphatic rings. The molecule has 0 aliphatic carbocycles. The predicted molar refractivity (Wildman–Crippen MR) is 301 cm³/mol. The minimum atomic E-state index is -1.33. The van der Waals surface area contributed by atoms with E-state index in [1.54, 1.807) is 12.1 Å². The first-order valence-corrected chi connectivity index (χ1v) is 30.3. The highest BCUT2D eigenvalue weighted by molar-refractivity contribution is 5.76. The van der Waals surface area contributed by atoms with Gasteiger partial charge in [0, 0.05) is 26.2 Å². The van der Waals surface area contributed by atoms with Crippen LogP contribution < -0.4 is 10.1 Å². The molecule has 3 rings (SSSR count). The van der Waals surface area contributed by atoms with Crippen molar-refractivity contribution in [2.75, 3.05) is 39.6 Å². The summed E-state index contributed by atoms with van der Waals surface area (Å²) in [6, 6.07) is 13.6. The molecule has 12 heteroatoms. The Hall–Kier alpha value is -2.71. The van der Waals surface area contributed by atoms with Gasteiger partial charge in [0.1, 0.15) is 41.8 Å². The Morgan fingerprint density at radius 1 is 0.587 bits per heavy atom. The number of nitrogens with one attached hydrogen (secondary N) is 1. The molecule has 2 aromatic rings. The smallest absolute Gasteiger partial charge is 0.220 e. The van der Waals surface area contributed by atoms with Crippen LogP contribution in [0.25, 0.3) is 0 Å². The largest absolute Gasteiger partial charge is 0.457 e. The first-order valence-electron chi connectivity index (χ1n) is 30.3. The number of hydrogen-bond donors (Lipinski definition) is 1. The number of ether oxygens (including phenoxy) is 8. The van der Waals surface area contributed by atoms with Crippen LogP contribution in [-0.2, 0) is 44.4 Å². The molecule has 1 aliphatic heterocycles. The molecular formula is C63H107F2NO9. The summed E-state index contributed by atoms with van der Waals surface area (Å²) in [7, 11) is 0. The number of rotatable bonds is 49. The summed E-state index contributed by atoms with van der Waals surface area (Å²) in [5.41, 5.74) is 1.28. The van der Waals surface area contributed by atoms with Crippen LogP contribution in [0.5, 0.6) is 11.5 Å². The number of hydrogen-bond acceptors (Lipinski definition) is 9. The second-order valence-electron chi connectivity index (χ2n) is 21.7. The average molecular weight is 1060 g/mol. The van der Waals surface area contributed by atoms with Crippen molar-refractivity contribution in [3.63, 3.8) is 0 Å². The van der Waals surface area contributed by atoms with E-state index in [0.717, 1.165) is 102 Å². The quantitative estimate of drug-likeness (QED) is 0.0513. The zero-order chi connectivity index (χ0) is 54.2. The Balaban J connectivity index is 1.61. The van der Waals surface area contributed by atoms with E-state index >= 15 is 4.39 Å². The van der Waals surface area contributed by atoms with Crippen molar-refractivity contribution in [2.24, 2.45) is 0 Å². The van der Waals surface area contributed by atoms with Gasteiger partial charge in [-0.3, -0.25) is 4.79 Å². The summed E-state index contributed by atoms with van der Waals surface area (Å²) in [6.07, 6.45) is 27.1. The van der Waals surface area contributed by atoms with Gasteiger partial charge in [0.05, 0.1) is 32.0 Å². The van der Waals surface area contributed by atoms with Crippen molar-refractivity contribution in [2.45, 2.75) is 283 Å². The molecule has 1 amide bonds. The highest BCUT2D eigenvalue weighted by Gasteiger charge is 2.46. The monoisotopic (exact) mass is 1060 g/mol. The first kappa shape index (κ1) is 66.6. The van der Waals surface area contributed by atoms with Crippen molar-refractivity contribution in [3.05, 3.63) is 59.9 Å². The van der Waals surface area contributed by atoms with Crippen LogP contribution in [0.4, 0.5) is 8.78 Å². The second kappa shape index (κ2) is 42.3. The molecule has 1 saturated heterocycles. The third-order valence-electron chi connectivity index (χ3n) is 14.1. The second-order valence-corrected chi connectivity index (χ2v) is 21.7. The van der Waals surface area contributed by atoms with Gasteiger partial charge < -0.3 is 43.2 Å². The number of aryl methyl sites for hydroxylation is 1. The highest BCUT2D eigenvalue weighted by Crippen LogP contribution is 2.34. The van der Waals surface area contributed by atoms with Gasteiger partial charge in [-0.25, -0.2) is 8.78 Å². The Morgan fingerprint density at radius 2 is 1.08 bits per heavy atom. The Morgan fingerprint density at radius 3 is 1.64 bits per heavy atom. The lowest BCUT2D eigenvalue weighted by Crippen LogP contribution is -2.52. The summed E-state index contributed by atoms with van der Waals surface area (Å²) < 4.78 is 79.5. The minimum Gasteiger partial charge on any atom is -0.457 e. The fourth-order valence-corrected chi connectivity index (χ4v) is 9.51. The molecule has 0 saturated carbocycles. The SMILES string of the molecule is CCCCCCCCCCCCCC[C@H]1OC(C)(C)O[C@H]1[C@H](CO[C@@H](OC(COCCCC)[C@H](C)F)[C@@H](COCCCC)OCCCC)NC(=O)CCCCCCCCCCc1ccc(Oc2ccc(F)cc2)cc1. The molecule has 75 heavy (non-hydrogen) atoms. The number of unbranched alkanes of at least 4 members (excludes halogenated alkanes) is 21. The third-order valence-corrected chi connectivity index (χ3v) is 14.1. The molecule has 0 spiro atoms. The van der Waals surface area contributed by atoms with Crippen LogP contribution in [0.1, 0.15) is 234 Å². The number of benzene rings is 2. The highest BCUT2D eigenvalue weighted by atomic mass is 19.1. The summed E-state index contributed by atoms with van der Waals surface area (Å²) in [5, 5.41) is 3.34. The number of alkyl halides is 1. The van der Waals surface area contributed by atoms with Gasteiger partial charge in [0.25, 0.3) is 0 Å². The predicted octanol–water partition coefficient (Wildman–Crippen LogP) is 16.7. The normalized spacial score (nSPS) is 17.5. The van der Waals surface area contributed by atoms with Gasteiger partial charge in [-0.1, -0.05) is 175 Å². The van der Waals surface area contributed by atoms with Crippen molar-refractivity contribution >= 4 is 5.91 Å². The van der Waals surface area contributed by atoms with Gasteiger partial charge in [-0.15, -0.1) is 0 Å². The molecule has 432 valence electrons. The molecule has 2 aromatic carbocycles. The zero-order valence-electron chi connectivity index (χ0n) is 48.3. The topological polar surface area (TPSA) is 103 Å². The summed E-state index contributed by atoms with van der Waals surface area (Å²) >= 11 is 0. The third kappa shape index (κ3) is 31.5. The Kier molecular flexibility index (Phi) is 37.5. The van der Waals surface area contributed by atoms with Gasteiger partial charge in [-0.05, 0) is 108 Å². The van der Waals surface area contributed by atoms with Gasteiger partial charge >= 0.3 is 0 Å². The lowest BCUT2D eigenvalue weighted by atomic mass is 9.99. The van der Waals surface area contributed by atoms with E-state index in [2.05, 4.69) is 45.1 Å². The lowest BCUT2D eigenvalue weighted by molar-refractivity contribution is -0.254. The number of carbonyl (C=O) groups is 1. The standard InChI is InChI=1S/C63H107F2NO9/c1-8-12-16-17-18-19-20-21-22-26-29-32-35-57-61(75-63(6,7)74-57)56(48-71-62(73-58(51(5)64)49-68-45-13-9-2)59(70-47-15-11-4)50-69-46-14-10-3)66-60(67)36-33-30-27-24-23-25-28-31-34-52-37-41-54(42-38-52)72-55-43-39-53(65)40-44-55/h37-44,51,56-59,61-62H,8-36,45-50H2,1-7H3,(H,66,67)/t51-,56-,57+,58?,59+,61-,62-/m0/s1. The van der Waals surface area contributed by atoms with Crippen LogP contribution in [0.2, 0.25) is 0 Å².